The lowest BCUT2D eigenvalue weighted by Gasteiger charge is -2.15. The van der Waals surface area contributed by atoms with Crippen molar-refractivity contribution in [3.63, 3.8) is 0 Å². The maximum absolute atomic E-state index is 12.2. The number of hydrogen-bond donors (Lipinski definition) is 2. The van der Waals surface area contributed by atoms with Gasteiger partial charge < -0.3 is 10.4 Å². The number of hydrogen-bond acceptors (Lipinski definition) is 5. The van der Waals surface area contributed by atoms with Crippen molar-refractivity contribution >= 4 is 28.1 Å². The molecule has 28 heavy (non-hydrogen) atoms. The lowest BCUT2D eigenvalue weighted by Crippen LogP contribution is -2.40. The molecule has 10 heteroatoms. The van der Waals surface area contributed by atoms with Crippen LogP contribution < -0.4 is 5.32 Å². The predicted molar refractivity (Wildman–Crippen MR) is 101 cm³/mol. The summed E-state index contributed by atoms with van der Waals surface area (Å²) in [6.45, 7) is 3.96. The average molecular weight is 409 g/mol. The number of rotatable bonds is 6. The zero-order valence-corrected chi connectivity index (χ0v) is 16.7. The van der Waals surface area contributed by atoms with Crippen molar-refractivity contribution in [2.75, 3.05) is 13.6 Å². The molecule has 2 N–H and O–H groups in total. The summed E-state index contributed by atoms with van der Waals surface area (Å²) in [7, 11) is -3.15. The molecule has 0 aliphatic carbocycles. The minimum Gasteiger partial charge on any atom is -0.464 e. The Morgan fingerprint density at radius 3 is 2.36 bits per heavy atom. The number of carboxylic acid groups (broad SMARTS) is 1. The zero-order chi connectivity index (χ0) is 21.1. The SMILES string of the molecule is CCC1C(=O)N(C(=O)NCCc2ccc(S(=O)(=O)N(C)C(=O)O)cc2)C=C1C. The number of carbonyl (C=O) groups is 3. The van der Waals surface area contributed by atoms with Crippen LogP contribution in [0.15, 0.2) is 40.9 Å². The third-order valence-corrected chi connectivity index (χ3v) is 6.33. The van der Waals surface area contributed by atoms with Crippen molar-refractivity contribution in [2.45, 2.75) is 31.6 Å². The smallest absolute Gasteiger partial charge is 0.421 e. The molecule has 1 aromatic carbocycles. The Morgan fingerprint density at radius 1 is 1.25 bits per heavy atom. The molecule has 0 spiro atoms. The van der Waals surface area contributed by atoms with E-state index in [-0.39, 0.29) is 27.6 Å². The second-order valence-electron chi connectivity index (χ2n) is 6.42. The number of urea groups is 1. The van der Waals surface area contributed by atoms with Crippen molar-refractivity contribution in [3.05, 3.63) is 41.6 Å². The predicted octanol–water partition coefficient (Wildman–Crippen LogP) is 2.01. The molecule has 0 radical (unpaired) electrons. The van der Waals surface area contributed by atoms with Crippen LogP contribution >= 0.6 is 0 Å². The van der Waals surface area contributed by atoms with Gasteiger partial charge in [-0.3, -0.25) is 4.79 Å². The fourth-order valence-electron chi connectivity index (χ4n) is 2.86. The summed E-state index contributed by atoms with van der Waals surface area (Å²) < 4.78 is 24.4. The highest BCUT2D eigenvalue weighted by Gasteiger charge is 2.33. The molecule has 1 aliphatic heterocycles. The Kier molecular flexibility index (Phi) is 6.45. The van der Waals surface area contributed by atoms with Gasteiger partial charge in [0.15, 0.2) is 0 Å². The fourth-order valence-corrected chi connectivity index (χ4v) is 3.87. The van der Waals surface area contributed by atoms with Gasteiger partial charge in [-0.05, 0) is 43.0 Å². The third-order valence-electron chi connectivity index (χ3n) is 4.59. The van der Waals surface area contributed by atoms with E-state index >= 15 is 0 Å². The molecule has 0 saturated heterocycles. The van der Waals surface area contributed by atoms with E-state index in [1.807, 2.05) is 13.8 Å². The Morgan fingerprint density at radius 2 is 1.86 bits per heavy atom. The number of nitrogens with one attached hydrogen (secondary N) is 1. The first-order valence-corrected chi connectivity index (χ1v) is 10.1. The third kappa shape index (κ3) is 4.33. The number of sulfonamides is 1. The van der Waals surface area contributed by atoms with E-state index in [9.17, 15) is 22.8 Å². The van der Waals surface area contributed by atoms with Crippen molar-refractivity contribution in [1.29, 1.82) is 0 Å². The summed E-state index contributed by atoms with van der Waals surface area (Å²) in [5, 5.41) is 11.5. The summed E-state index contributed by atoms with van der Waals surface area (Å²) in [5.74, 6) is -0.501. The first kappa shape index (κ1) is 21.4. The number of imide groups is 1. The highest BCUT2D eigenvalue weighted by atomic mass is 32.2. The van der Waals surface area contributed by atoms with Crippen LogP contribution in [0.25, 0.3) is 0 Å². The number of amides is 4. The van der Waals surface area contributed by atoms with Gasteiger partial charge >= 0.3 is 12.1 Å². The normalized spacial score (nSPS) is 16.7. The van der Waals surface area contributed by atoms with Gasteiger partial charge in [0.2, 0.25) is 5.91 Å². The van der Waals surface area contributed by atoms with Crippen LogP contribution in [0.4, 0.5) is 9.59 Å². The molecule has 0 aromatic heterocycles. The van der Waals surface area contributed by atoms with E-state index in [1.54, 1.807) is 18.3 Å². The standard InChI is InChI=1S/C18H23N3O6S/c1-4-15-12(2)11-21(16(15)22)17(23)19-10-9-13-5-7-14(8-6-13)28(26,27)20(3)18(24)25/h5-8,11,15H,4,9-10H2,1-3H3,(H,19,23)(H,24,25). The fraction of sp³-hybridized carbons (Fsp3) is 0.389. The molecule has 0 fully saturated rings. The maximum Gasteiger partial charge on any atom is 0.421 e. The van der Waals surface area contributed by atoms with Gasteiger partial charge in [-0.1, -0.05) is 19.1 Å². The molecule has 0 bridgehead atoms. The Bertz CT molecular complexity index is 908. The van der Waals surface area contributed by atoms with Gasteiger partial charge in [0.1, 0.15) is 0 Å². The van der Waals surface area contributed by atoms with Gasteiger partial charge in [-0.15, -0.1) is 0 Å². The second-order valence-corrected chi connectivity index (χ2v) is 8.39. The van der Waals surface area contributed by atoms with Crippen LogP contribution in [-0.2, 0) is 21.2 Å². The molecule has 152 valence electrons. The largest absolute Gasteiger partial charge is 0.464 e. The van der Waals surface area contributed by atoms with E-state index in [0.29, 0.717) is 12.8 Å². The van der Waals surface area contributed by atoms with E-state index in [1.165, 1.54) is 12.1 Å². The first-order chi connectivity index (χ1) is 13.1. The summed E-state index contributed by atoms with van der Waals surface area (Å²) in [6.07, 6.45) is 1.03. The monoisotopic (exact) mass is 409 g/mol. The topological polar surface area (TPSA) is 124 Å². The van der Waals surface area contributed by atoms with Crippen LogP contribution in [0.5, 0.6) is 0 Å². The lowest BCUT2D eigenvalue weighted by atomic mass is 10.0. The van der Waals surface area contributed by atoms with Crippen molar-refractivity contribution in [2.24, 2.45) is 5.92 Å². The quantitative estimate of drug-likeness (QED) is 0.741. The molecule has 1 heterocycles. The zero-order valence-electron chi connectivity index (χ0n) is 15.9. The lowest BCUT2D eigenvalue weighted by molar-refractivity contribution is -0.127. The molecule has 4 amide bonds. The Hall–Kier alpha value is -2.88. The first-order valence-electron chi connectivity index (χ1n) is 8.69. The van der Waals surface area contributed by atoms with Crippen molar-refractivity contribution in [3.8, 4) is 0 Å². The van der Waals surface area contributed by atoms with Crippen LogP contribution in [0.1, 0.15) is 25.8 Å². The number of carbonyl (C=O) groups excluding carboxylic acids is 2. The molecular formula is C18H23N3O6S. The average Bonchev–Trinajstić information content (AvgIpc) is 2.94. The van der Waals surface area contributed by atoms with Crippen LogP contribution in [0, 0.1) is 5.92 Å². The summed E-state index contributed by atoms with van der Waals surface area (Å²) in [4.78, 5) is 36.2. The number of benzene rings is 1. The van der Waals surface area contributed by atoms with Crippen LogP contribution in [-0.4, -0.2) is 54.4 Å². The van der Waals surface area contributed by atoms with Crippen LogP contribution in [0.2, 0.25) is 0 Å². The minimum absolute atomic E-state index is 0.140. The van der Waals surface area contributed by atoms with Gasteiger partial charge in [0.05, 0.1) is 10.8 Å². The molecule has 1 aliphatic rings. The summed E-state index contributed by atoms with van der Waals surface area (Å²) in [6, 6.07) is 5.23. The van der Waals surface area contributed by atoms with Crippen LogP contribution in [0.3, 0.4) is 0 Å². The Labute approximate surface area is 163 Å². The molecule has 1 aromatic rings. The van der Waals surface area contributed by atoms with Crippen molar-refractivity contribution in [1.82, 2.24) is 14.5 Å². The van der Waals surface area contributed by atoms with Crippen molar-refractivity contribution < 1.29 is 27.9 Å². The summed E-state index contributed by atoms with van der Waals surface area (Å²) in [5.41, 5.74) is 1.61. The second kappa shape index (κ2) is 8.42. The van der Waals surface area contributed by atoms with E-state index in [0.717, 1.165) is 23.1 Å². The van der Waals surface area contributed by atoms with E-state index < -0.39 is 22.1 Å². The maximum atomic E-state index is 12.2. The van der Waals surface area contributed by atoms with E-state index in [4.69, 9.17) is 5.11 Å². The van der Waals surface area contributed by atoms with Gasteiger partial charge in [-0.2, -0.15) is 0 Å². The van der Waals surface area contributed by atoms with Gasteiger partial charge in [0, 0.05) is 19.8 Å². The molecule has 1 unspecified atom stereocenters. The highest BCUT2D eigenvalue weighted by Crippen LogP contribution is 2.25. The molecule has 0 saturated carbocycles. The van der Waals surface area contributed by atoms with E-state index in [2.05, 4.69) is 5.32 Å². The minimum atomic E-state index is -4.11. The number of nitrogens with zero attached hydrogens (tertiary/aromatic N) is 2. The molecule has 9 nitrogen and oxygen atoms in total. The summed E-state index contributed by atoms with van der Waals surface area (Å²) >= 11 is 0. The van der Waals surface area contributed by atoms with Gasteiger partial charge in [0.25, 0.3) is 10.0 Å². The highest BCUT2D eigenvalue weighted by molar-refractivity contribution is 7.89. The Balaban J connectivity index is 1.93. The molecular weight excluding hydrogens is 386 g/mol. The van der Waals surface area contributed by atoms with Gasteiger partial charge in [-0.25, -0.2) is 27.2 Å². The molecule has 1 atom stereocenters. The molecule has 2 rings (SSSR count).